The number of pyridine rings is 1. The number of amides is 1. The van der Waals surface area contributed by atoms with E-state index in [4.69, 9.17) is 4.74 Å². The third kappa shape index (κ3) is 2.93. The van der Waals surface area contributed by atoms with Gasteiger partial charge in [0.15, 0.2) is 0 Å². The van der Waals surface area contributed by atoms with E-state index in [1.165, 1.54) is 0 Å². The molecule has 0 saturated carbocycles. The van der Waals surface area contributed by atoms with Gasteiger partial charge in [-0.15, -0.1) is 0 Å². The Morgan fingerprint density at radius 3 is 3.05 bits per heavy atom. The first-order valence-electron chi connectivity index (χ1n) is 7.11. The number of nitrogens with one attached hydrogen (secondary N) is 1. The Labute approximate surface area is 128 Å². The summed E-state index contributed by atoms with van der Waals surface area (Å²) < 4.78 is 7.02. The van der Waals surface area contributed by atoms with Crippen LogP contribution >= 0.6 is 0 Å². The highest BCUT2D eigenvalue weighted by molar-refractivity contribution is 5.99. The van der Waals surface area contributed by atoms with Gasteiger partial charge in [-0.05, 0) is 36.2 Å². The molecule has 1 aromatic carbocycles. The third-order valence-electron chi connectivity index (χ3n) is 3.50. The van der Waals surface area contributed by atoms with Crippen molar-refractivity contribution in [2.45, 2.75) is 6.42 Å². The molecule has 0 unspecified atom stereocenters. The van der Waals surface area contributed by atoms with Crippen LogP contribution in [0.3, 0.4) is 0 Å². The van der Waals surface area contributed by atoms with Crippen LogP contribution in [-0.4, -0.2) is 28.9 Å². The molecule has 0 bridgehead atoms. The fraction of sp³-hybridized carbons (Fsp3) is 0.176. The van der Waals surface area contributed by atoms with Crippen molar-refractivity contribution in [1.29, 1.82) is 0 Å². The average molecular weight is 295 g/mol. The second kappa shape index (κ2) is 6.30. The van der Waals surface area contributed by atoms with Crippen LogP contribution in [0.15, 0.2) is 55.0 Å². The summed E-state index contributed by atoms with van der Waals surface area (Å²) in [5, 5.41) is 2.93. The minimum atomic E-state index is -0.111. The molecule has 3 rings (SSSR count). The fourth-order valence-electron chi connectivity index (χ4n) is 2.37. The zero-order valence-electron chi connectivity index (χ0n) is 12.3. The lowest BCUT2D eigenvalue weighted by molar-refractivity contribution is 0.0955. The number of carbonyl (C=O) groups excluding carboxylic acids is 1. The van der Waals surface area contributed by atoms with Crippen molar-refractivity contribution >= 4 is 11.6 Å². The average Bonchev–Trinajstić information content (AvgIpc) is 3.03. The van der Waals surface area contributed by atoms with Gasteiger partial charge in [0.05, 0.1) is 12.7 Å². The molecular weight excluding hydrogens is 278 g/mol. The summed E-state index contributed by atoms with van der Waals surface area (Å²) in [6, 6.07) is 11.5. The Balaban J connectivity index is 1.64. The zero-order valence-corrected chi connectivity index (χ0v) is 12.3. The highest BCUT2D eigenvalue weighted by atomic mass is 16.5. The predicted octanol–water partition coefficient (Wildman–Crippen LogP) is 2.32. The van der Waals surface area contributed by atoms with Gasteiger partial charge in [-0.25, -0.2) is 4.98 Å². The number of nitrogens with zero attached hydrogens (tertiary/aromatic N) is 2. The molecule has 0 radical (unpaired) electrons. The molecule has 112 valence electrons. The maximum absolute atomic E-state index is 12.3. The number of ether oxygens (including phenoxy) is 1. The van der Waals surface area contributed by atoms with Gasteiger partial charge in [-0.2, -0.15) is 0 Å². The first-order chi connectivity index (χ1) is 10.8. The lowest BCUT2D eigenvalue weighted by Crippen LogP contribution is -2.26. The highest BCUT2D eigenvalue weighted by Crippen LogP contribution is 2.13. The largest absolute Gasteiger partial charge is 0.497 e. The molecule has 0 spiro atoms. The molecule has 2 heterocycles. The number of methoxy groups -OCH3 is 1. The number of fused-ring (bicyclic) bond motifs is 1. The summed E-state index contributed by atoms with van der Waals surface area (Å²) in [4.78, 5) is 16.5. The Morgan fingerprint density at radius 1 is 1.27 bits per heavy atom. The van der Waals surface area contributed by atoms with E-state index in [0.29, 0.717) is 17.8 Å². The zero-order chi connectivity index (χ0) is 15.4. The van der Waals surface area contributed by atoms with Gasteiger partial charge in [-0.3, -0.25) is 4.79 Å². The van der Waals surface area contributed by atoms with E-state index in [9.17, 15) is 4.79 Å². The maximum atomic E-state index is 12.3. The topological polar surface area (TPSA) is 55.6 Å². The van der Waals surface area contributed by atoms with Crippen LogP contribution in [0.5, 0.6) is 5.75 Å². The smallest absolute Gasteiger partial charge is 0.255 e. The number of imidazole rings is 1. The standard InChI is InChI=1S/C17H17N3O2/c1-22-14-5-2-4-13(12-14)7-8-19-17(21)15-6-3-10-20-11-9-18-16(15)20/h2-6,9-12H,7-8H2,1H3,(H,19,21). The normalized spacial score (nSPS) is 10.6. The molecule has 0 atom stereocenters. The van der Waals surface area contributed by atoms with Crippen molar-refractivity contribution in [2.75, 3.05) is 13.7 Å². The fourth-order valence-corrected chi connectivity index (χ4v) is 2.37. The first kappa shape index (κ1) is 14.1. The molecule has 5 heteroatoms. The predicted molar refractivity (Wildman–Crippen MR) is 84.2 cm³/mol. The summed E-state index contributed by atoms with van der Waals surface area (Å²) in [5.41, 5.74) is 2.37. The molecular formula is C17H17N3O2. The molecule has 0 aliphatic rings. The number of benzene rings is 1. The van der Waals surface area contributed by atoms with E-state index < -0.39 is 0 Å². The van der Waals surface area contributed by atoms with Gasteiger partial charge in [0.25, 0.3) is 5.91 Å². The van der Waals surface area contributed by atoms with E-state index in [0.717, 1.165) is 17.7 Å². The van der Waals surface area contributed by atoms with Crippen LogP contribution < -0.4 is 10.1 Å². The van der Waals surface area contributed by atoms with Crippen molar-refractivity contribution in [3.05, 3.63) is 66.1 Å². The summed E-state index contributed by atoms with van der Waals surface area (Å²) in [5.74, 6) is 0.714. The van der Waals surface area contributed by atoms with Crippen molar-refractivity contribution < 1.29 is 9.53 Å². The summed E-state index contributed by atoms with van der Waals surface area (Å²) in [6.07, 6.45) is 6.13. The molecule has 5 nitrogen and oxygen atoms in total. The van der Waals surface area contributed by atoms with Crippen molar-refractivity contribution in [1.82, 2.24) is 14.7 Å². The van der Waals surface area contributed by atoms with Crippen LogP contribution in [0, 0.1) is 0 Å². The number of aromatic nitrogens is 2. The lowest BCUT2D eigenvalue weighted by Gasteiger charge is -2.07. The van der Waals surface area contributed by atoms with Gasteiger partial charge < -0.3 is 14.5 Å². The first-order valence-corrected chi connectivity index (χ1v) is 7.11. The summed E-state index contributed by atoms with van der Waals surface area (Å²) >= 11 is 0. The van der Waals surface area contributed by atoms with Gasteiger partial charge >= 0.3 is 0 Å². The third-order valence-corrected chi connectivity index (χ3v) is 3.50. The SMILES string of the molecule is COc1cccc(CCNC(=O)c2cccn3ccnc23)c1. The second-order valence-corrected chi connectivity index (χ2v) is 4.94. The number of rotatable bonds is 5. The molecule has 0 saturated heterocycles. The van der Waals surface area contributed by atoms with E-state index >= 15 is 0 Å². The van der Waals surface area contributed by atoms with Crippen LogP contribution in [-0.2, 0) is 6.42 Å². The van der Waals surface area contributed by atoms with Gasteiger partial charge in [0.1, 0.15) is 11.4 Å². The second-order valence-electron chi connectivity index (χ2n) is 4.94. The molecule has 1 amide bonds. The maximum Gasteiger partial charge on any atom is 0.255 e. The molecule has 2 aromatic heterocycles. The monoisotopic (exact) mass is 295 g/mol. The quantitative estimate of drug-likeness (QED) is 0.786. The van der Waals surface area contributed by atoms with Gasteiger partial charge in [0, 0.05) is 25.1 Å². The van der Waals surface area contributed by atoms with E-state index in [1.54, 1.807) is 19.4 Å². The van der Waals surface area contributed by atoms with Crippen molar-refractivity contribution in [3.63, 3.8) is 0 Å². The Morgan fingerprint density at radius 2 is 2.18 bits per heavy atom. The highest BCUT2D eigenvalue weighted by Gasteiger charge is 2.10. The lowest BCUT2D eigenvalue weighted by atomic mass is 10.1. The van der Waals surface area contributed by atoms with E-state index in [2.05, 4.69) is 10.3 Å². The number of carbonyl (C=O) groups is 1. The Hall–Kier alpha value is -2.82. The van der Waals surface area contributed by atoms with Crippen LogP contribution in [0.25, 0.3) is 5.65 Å². The minimum Gasteiger partial charge on any atom is -0.497 e. The molecule has 3 aromatic rings. The van der Waals surface area contributed by atoms with Crippen LogP contribution in [0.2, 0.25) is 0 Å². The molecule has 0 aliphatic carbocycles. The summed E-state index contributed by atoms with van der Waals surface area (Å²) in [6.45, 7) is 0.563. The number of hydrogen-bond donors (Lipinski definition) is 1. The van der Waals surface area contributed by atoms with Gasteiger partial charge in [0.2, 0.25) is 0 Å². The van der Waals surface area contributed by atoms with E-state index in [1.807, 2.05) is 47.1 Å². The molecule has 22 heavy (non-hydrogen) atoms. The minimum absolute atomic E-state index is 0.111. The Kier molecular flexibility index (Phi) is 4.05. The summed E-state index contributed by atoms with van der Waals surface area (Å²) in [7, 11) is 1.64. The van der Waals surface area contributed by atoms with Crippen LogP contribution in [0.1, 0.15) is 15.9 Å². The van der Waals surface area contributed by atoms with Crippen molar-refractivity contribution in [2.24, 2.45) is 0 Å². The Bertz CT molecular complexity index is 795. The van der Waals surface area contributed by atoms with E-state index in [-0.39, 0.29) is 5.91 Å². The molecule has 0 fully saturated rings. The molecule has 1 N–H and O–H groups in total. The van der Waals surface area contributed by atoms with Gasteiger partial charge in [-0.1, -0.05) is 12.1 Å². The van der Waals surface area contributed by atoms with Crippen molar-refractivity contribution in [3.8, 4) is 5.75 Å². The number of hydrogen-bond acceptors (Lipinski definition) is 3. The molecule has 0 aliphatic heterocycles. The van der Waals surface area contributed by atoms with Crippen LogP contribution in [0.4, 0.5) is 0 Å².